The van der Waals surface area contributed by atoms with Crippen molar-refractivity contribution in [1.82, 2.24) is 4.98 Å². The van der Waals surface area contributed by atoms with E-state index in [1.165, 1.54) is 24.3 Å². The van der Waals surface area contributed by atoms with Crippen LogP contribution in [0.4, 0.5) is 20.3 Å². The molecule has 0 aliphatic rings. The van der Waals surface area contributed by atoms with Crippen molar-refractivity contribution < 1.29 is 8.78 Å². The molecule has 2 aromatic rings. The molecule has 2 nitrogen and oxygen atoms in total. The lowest BCUT2D eigenvalue weighted by atomic mass is 10.3. The highest BCUT2D eigenvalue weighted by Crippen LogP contribution is 2.15. The van der Waals surface area contributed by atoms with Crippen molar-refractivity contribution in [3.63, 3.8) is 0 Å². The number of halogens is 2. The summed E-state index contributed by atoms with van der Waals surface area (Å²) in [5.74, 6) is -0.576. The highest BCUT2D eigenvalue weighted by atomic mass is 19.1. The average molecular weight is 206 g/mol. The summed E-state index contributed by atoms with van der Waals surface area (Å²) >= 11 is 0. The Morgan fingerprint density at radius 2 is 1.80 bits per heavy atom. The van der Waals surface area contributed by atoms with Crippen LogP contribution in [-0.4, -0.2) is 4.98 Å². The van der Waals surface area contributed by atoms with E-state index in [9.17, 15) is 8.78 Å². The zero-order chi connectivity index (χ0) is 10.7. The van der Waals surface area contributed by atoms with Gasteiger partial charge in [0.1, 0.15) is 11.6 Å². The predicted molar refractivity (Wildman–Crippen MR) is 53.9 cm³/mol. The lowest BCUT2D eigenvalue weighted by Gasteiger charge is -2.04. The molecular formula is C11H8F2N2. The molecule has 0 amide bonds. The largest absolute Gasteiger partial charge is 0.340 e. The summed E-state index contributed by atoms with van der Waals surface area (Å²) < 4.78 is 25.5. The van der Waals surface area contributed by atoms with E-state index in [4.69, 9.17) is 0 Å². The zero-order valence-corrected chi connectivity index (χ0v) is 7.74. The second-order valence-corrected chi connectivity index (χ2v) is 2.98. The Morgan fingerprint density at radius 1 is 1.00 bits per heavy atom. The fourth-order valence-electron chi connectivity index (χ4n) is 1.19. The summed E-state index contributed by atoms with van der Waals surface area (Å²) in [6.07, 6.45) is 0. The SMILES string of the molecule is Fc1cccc(Nc2cccc(F)n2)c1. The Bertz CT molecular complexity index is 428. The van der Waals surface area contributed by atoms with Gasteiger partial charge >= 0.3 is 0 Å². The average Bonchev–Trinajstić information content (AvgIpc) is 2.17. The standard InChI is InChI=1S/C11H8F2N2/c12-8-3-1-4-9(7-8)14-11-6-2-5-10(13)15-11/h1-7H,(H,14,15). The minimum atomic E-state index is -0.573. The minimum Gasteiger partial charge on any atom is -0.340 e. The van der Waals surface area contributed by atoms with Crippen LogP contribution in [0.15, 0.2) is 42.5 Å². The van der Waals surface area contributed by atoms with Crippen molar-refractivity contribution in [2.75, 3.05) is 5.32 Å². The van der Waals surface area contributed by atoms with E-state index in [0.29, 0.717) is 11.5 Å². The van der Waals surface area contributed by atoms with Gasteiger partial charge in [0.2, 0.25) is 5.95 Å². The van der Waals surface area contributed by atoms with Gasteiger partial charge in [-0.3, -0.25) is 0 Å². The molecule has 0 atom stereocenters. The van der Waals surface area contributed by atoms with Gasteiger partial charge < -0.3 is 5.32 Å². The molecule has 0 fully saturated rings. The number of hydrogen-bond donors (Lipinski definition) is 1. The first-order valence-electron chi connectivity index (χ1n) is 4.39. The highest BCUT2D eigenvalue weighted by molar-refractivity contribution is 5.55. The Labute approximate surface area is 85.6 Å². The van der Waals surface area contributed by atoms with Gasteiger partial charge in [-0.25, -0.2) is 9.37 Å². The quantitative estimate of drug-likeness (QED) is 0.763. The van der Waals surface area contributed by atoms with Gasteiger partial charge in [-0.15, -0.1) is 0 Å². The van der Waals surface area contributed by atoms with Crippen molar-refractivity contribution in [2.24, 2.45) is 0 Å². The zero-order valence-electron chi connectivity index (χ0n) is 7.74. The van der Waals surface area contributed by atoms with E-state index in [1.807, 2.05) is 0 Å². The van der Waals surface area contributed by atoms with E-state index in [0.717, 1.165) is 0 Å². The van der Waals surface area contributed by atoms with Crippen molar-refractivity contribution in [3.8, 4) is 0 Å². The fourth-order valence-corrected chi connectivity index (χ4v) is 1.19. The molecule has 1 aromatic heterocycles. The van der Waals surface area contributed by atoms with Crippen LogP contribution in [0.5, 0.6) is 0 Å². The monoisotopic (exact) mass is 206 g/mol. The summed E-state index contributed by atoms with van der Waals surface area (Å²) in [5.41, 5.74) is 0.535. The molecule has 0 unspecified atom stereocenters. The van der Waals surface area contributed by atoms with Crippen LogP contribution in [-0.2, 0) is 0 Å². The first-order valence-corrected chi connectivity index (χ1v) is 4.39. The van der Waals surface area contributed by atoms with Crippen LogP contribution >= 0.6 is 0 Å². The molecule has 76 valence electrons. The van der Waals surface area contributed by atoms with Crippen LogP contribution in [0.3, 0.4) is 0 Å². The van der Waals surface area contributed by atoms with E-state index >= 15 is 0 Å². The summed E-state index contributed by atoms with van der Waals surface area (Å²) in [7, 11) is 0. The summed E-state index contributed by atoms with van der Waals surface area (Å²) in [6, 6.07) is 10.3. The van der Waals surface area contributed by atoms with E-state index in [2.05, 4.69) is 10.3 Å². The maximum Gasteiger partial charge on any atom is 0.214 e. The first kappa shape index (κ1) is 9.58. The van der Waals surface area contributed by atoms with Crippen molar-refractivity contribution in [1.29, 1.82) is 0 Å². The molecule has 0 aliphatic heterocycles. The molecule has 0 saturated carbocycles. The topological polar surface area (TPSA) is 24.9 Å². The van der Waals surface area contributed by atoms with Gasteiger partial charge in [0.15, 0.2) is 0 Å². The molecule has 4 heteroatoms. The highest BCUT2D eigenvalue weighted by Gasteiger charge is 1.98. The number of nitrogens with zero attached hydrogens (tertiary/aromatic N) is 1. The van der Waals surface area contributed by atoms with Gasteiger partial charge in [-0.1, -0.05) is 12.1 Å². The molecule has 0 aliphatic carbocycles. The van der Waals surface area contributed by atoms with Crippen LogP contribution in [0, 0.1) is 11.8 Å². The van der Waals surface area contributed by atoms with Crippen molar-refractivity contribution in [3.05, 3.63) is 54.2 Å². The molecule has 0 saturated heterocycles. The molecule has 0 bridgehead atoms. The summed E-state index contributed by atoms with van der Waals surface area (Å²) in [5, 5.41) is 2.79. The third-order valence-electron chi connectivity index (χ3n) is 1.81. The molecule has 1 heterocycles. The molecule has 0 radical (unpaired) electrons. The van der Waals surface area contributed by atoms with Gasteiger partial charge in [-0.2, -0.15) is 4.39 Å². The number of rotatable bonds is 2. The Morgan fingerprint density at radius 3 is 2.53 bits per heavy atom. The number of aromatic nitrogens is 1. The lowest BCUT2D eigenvalue weighted by molar-refractivity contribution is 0.585. The minimum absolute atomic E-state index is 0.348. The van der Waals surface area contributed by atoms with Crippen molar-refractivity contribution >= 4 is 11.5 Å². The Balaban J connectivity index is 2.22. The summed E-state index contributed by atoms with van der Waals surface area (Å²) in [6.45, 7) is 0. The number of nitrogens with one attached hydrogen (secondary N) is 1. The smallest absolute Gasteiger partial charge is 0.214 e. The normalized spacial score (nSPS) is 10.0. The number of anilines is 2. The molecule has 15 heavy (non-hydrogen) atoms. The maximum absolute atomic E-state index is 12.8. The Kier molecular flexibility index (Phi) is 2.58. The fraction of sp³-hybridized carbons (Fsp3) is 0. The third kappa shape index (κ3) is 2.49. The van der Waals surface area contributed by atoms with Gasteiger partial charge in [0.05, 0.1) is 0 Å². The van der Waals surface area contributed by atoms with Crippen LogP contribution in [0.2, 0.25) is 0 Å². The molecule has 2 rings (SSSR count). The number of pyridine rings is 1. The lowest BCUT2D eigenvalue weighted by Crippen LogP contribution is -1.94. The molecule has 1 N–H and O–H groups in total. The predicted octanol–water partition coefficient (Wildman–Crippen LogP) is 3.10. The number of hydrogen-bond acceptors (Lipinski definition) is 2. The second-order valence-electron chi connectivity index (χ2n) is 2.98. The van der Waals surface area contributed by atoms with E-state index in [1.54, 1.807) is 18.2 Å². The molecule has 0 spiro atoms. The first-order chi connectivity index (χ1) is 7.24. The van der Waals surface area contributed by atoms with Crippen LogP contribution < -0.4 is 5.32 Å². The van der Waals surface area contributed by atoms with Gasteiger partial charge in [-0.05, 0) is 30.3 Å². The second kappa shape index (κ2) is 4.04. The van der Waals surface area contributed by atoms with Crippen LogP contribution in [0.25, 0.3) is 0 Å². The maximum atomic E-state index is 12.8. The number of benzene rings is 1. The van der Waals surface area contributed by atoms with Crippen LogP contribution in [0.1, 0.15) is 0 Å². The van der Waals surface area contributed by atoms with E-state index < -0.39 is 5.95 Å². The van der Waals surface area contributed by atoms with Crippen molar-refractivity contribution in [2.45, 2.75) is 0 Å². The third-order valence-corrected chi connectivity index (χ3v) is 1.81. The van der Waals surface area contributed by atoms with Gasteiger partial charge in [0.25, 0.3) is 0 Å². The van der Waals surface area contributed by atoms with E-state index in [-0.39, 0.29) is 5.82 Å². The Hall–Kier alpha value is -1.97. The van der Waals surface area contributed by atoms with Gasteiger partial charge in [0, 0.05) is 5.69 Å². The summed E-state index contributed by atoms with van der Waals surface area (Å²) in [4.78, 5) is 3.60. The molecular weight excluding hydrogens is 198 g/mol. The molecule has 1 aromatic carbocycles.